The minimum absolute atomic E-state index is 0.329. The highest BCUT2D eigenvalue weighted by molar-refractivity contribution is 5.35. The van der Waals surface area contributed by atoms with Gasteiger partial charge in [-0.2, -0.15) is 15.0 Å². The monoisotopic (exact) mass is 281 g/mol. The summed E-state index contributed by atoms with van der Waals surface area (Å²) < 4.78 is 5.34. The van der Waals surface area contributed by atoms with Crippen LogP contribution in [0.3, 0.4) is 0 Å². The minimum atomic E-state index is 0.329. The maximum Gasteiger partial charge on any atom is 0.323 e. The van der Waals surface area contributed by atoms with Crippen molar-refractivity contribution in [1.82, 2.24) is 15.0 Å². The molecule has 0 bridgehead atoms. The van der Waals surface area contributed by atoms with Gasteiger partial charge in [-0.15, -0.1) is 0 Å². The van der Waals surface area contributed by atoms with Crippen LogP contribution in [0.25, 0.3) is 0 Å². The third-order valence-corrected chi connectivity index (χ3v) is 2.91. The second-order valence-corrected chi connectivity index (χ2v) is 5.32. The Labute approximate surface area is 121 Å². The number of hydrogen-bond acceptors (Lipinski definition) is 6. The molecule has 114 valence electrons. The molecule has 0 aliphatic heterocycles. The lowest BCUT2D eigenvalue weighted by Gasteiger charge is -2.15. The number of ether oxygens (including phenoxy) is 1. The van der Waals surface area contributed by atoms with E-state index in [1.54, 1.807) is 7.05 Å². The number of hydrogen-bond donors (Lipinski definition) is 2. The third kappa shape index (κ3) is 6.04. The molecule has 1 rings (SSSR count). The average molecular weight is 281 g/mol. The van der Waals surface area contributed by atoms with Crippen LogP contribution in [0, 0.1) is 5.92 Å². The molecule has 1 heterocycles. The molecule has 6 heteroatoms. The first-order chi connectivity index (χ1) is 9.55. The van der Waals surface area contributed by atoms with Crippen molar-refractivity contribution < 1.29 is 4.74 Å². The van der Waals surface area contributed by atoms with Crippen LogP contribution in [-0.4, -0.2) is 34.6 Å². The molecule has 0 amide bonds. The summed E-state index contributed by atoms with van der Waals surface area (Å²) in [6.07, 6.45) is 3.55. The largest absolute Gasteiger partial charge is 0.464 e. The van der Waals surface area contributed by atoms with E-state index < -0.39 is 0 Å². The van der Waals surface area contributed by atoms with Gasteiger partial charge in [0, 0.05) is 13.1 Å². The Kier molecular flexibility index (Phi) is 7.04. The van der Waals surface area contributed by atoms with E-state index in [-0.39, 0.29) is 0 Å². The smallest absolute Gasteiger partial charge is 0.323 e. The number of anilines is 2. The van der Waals surface area contributed by atoms with Gasteiger partial charge in [-0.05, 0) is 26.2 Å². The van der Waals surface area contributed by atoms with Gasteiger partial charge in [0.05, 0.1) is 6.61 Å². The van der Waals surface area contributed by atoms with Crippen molar-refractivity contribution >= 4 is 11.9 Å². The van der Waals surface area contributed by atoms with Crippen molar-refractivity contribution in [2.45, 2.75) is 53.0 Å². The molecule has 0 radical (unpaired) electrons. The van der Waals surface area contributed by atoms with E-state index in [1.165, 1.54) is 12.8 Å². The number of nitrogens with one attached hydrogen (secondary N) is 2. The Morgan fingerprint density at radius 1 is 1.05 bits per heavy atom. The van der Waals surface area contributed by atoms with Crippen LogP contribution in [0.15, 0.2) is 0 Å². The SMILES string of the molecule is CCOc1nc(NC)nc(NC(C)CCCC(C)C)n1. The van der Waals surface area contributed by atoms with Gasteiger partial charge >= 0.3 is 6.01 Å². The highest BCUT2D eigenvalue weighted by Gasteiger charge is 2.09. The van der Waals surface area contributed by atoms with E-state index in [1.807, 2.05) is 6.92 Å². The minimum Gasteiger partial charge on any atom is -0.464 e. The summed E-state index contributed by atoms with van der Waals surface area (Å²) in [6, 6.07) is 0.680. The lowest BCUT2D eigenvalue weighted by atomic mass is 10.0. The lowest BCUT2D eigenvalue weighted by molar-refractivity contribution is 0.312. The maximum absolute atomic E-state index is 5.34. The van der Waals surface area contributed by atoms with Crippen molar-refractivity contribution in [3.8, 4) is 6.01 Å². The summed E-state index contributed by atoms with van der Waals surface area (Å²) in [4.78, 5) is 12.7. The molecule has 0 aliphatic rings. The summed E-state index contributed by atoms with van der Waals surface area (Å²) in [6.45, 7) is 9.08. The zero-order chi connectivity index (χ0) is 15.0. The van der Waals surface area contributed by atoms with Gasteiger partial charge in [0.15, 0.2) is 0 Å². The zero-order valence-corrected chi connectivity index (χ0v) is 13.2. The molecule has 1 atom stereocenters. The molecule has 1 aromatic rings. The predicted molar refractivity (Wildman–Crippen MR) is 82.3 cm³/mol. The standard InChI is InChI=1S/C14H27N5O/c1-6-20-14-18-12(15-5)17-13(19-14)16-11(4)9-7-8-10(2)3/h10-11H,6-9H2,1-5H3,(H2,15,16,17,18,19). The van der Waals surface area contributed by atoms with Gasteiger partial charge in [-0.3, -0.25) is 0 Å². The van der Waals surface area contributed by atoms with Crippen molar-refractivity contribution in [3.05, 3.63) is 0 Å². The quantitative estimate of drug-likeness (QED) is 0.725. The Bertz CT molecular complexity index is 397. The van der Waals surface area contributed by atoms with Crippen LogP contribution < -0.4 is 15.4 Å². The van der Waals surface area contributed by atoms with Crippen LogP contribution in [-0.2, 0) is 0 Å². The summed E-state index contributed by atoms with van der Waals surface area (Å²) in [5, 5.41) is 6.22. The molecule has 20 heavy (non-hydrogen) atoms. The van der Waals surface area contributed by atoms with Crippen LogP contribution in [0.4, 0.5) is 11.9 Å². The van der Waals surface area contributed by atoms with Gasteiger partial charge < -0.3 is 15.4 Å². The van der Waals surface area contributed by atoms with E-state index >= 15 is 0 Å². The van der Waals surface area contributed by atoms with Gasteiger partial charge in [-0.25, -0.2) is 0 Å². The molecule has 0 aromatic carbocycles. The molecule has 2 N–H and O–H groups in total. The molecular weight excluding hydrogens is 254 g/mol. The van der Waals surface area contributed by atoms with Crippen molar-refractivity contribution in [2.75, 3.05) is 24.3 Å². The van der Waals surface area contributed by atoms with Crippen LogP contribution in [0.5, 0.6) is 6.01 Å². The van der Waals surface area contributed by atoms with Gasteiger partial charge in [0.1, 0.15) is 0 Å². The van der Waals surface area contributed by atoms with Crippen LogP contribution >= 0.6 is 0 Å². The second-order valence-electron chi connectivity index (χ2n) is 5.32. The number of rotatable bonds is 9. The van der Waals surface area contributed by atoms with E-state index in [0.29, 0.717) is 30.6 Å². The molecule has 1 unspecified atom stereocenters. The van der Waals surface area contributed by atoms with Gasteiger partial charge in [0.2, 0.25) is 11.9 Å². The molecule has 0 spiro atoms. The zero-order valence-electron chi connectivity index (χ0n) is 13.2. The highest BCUT2D eigenvalue weighted by Crippen LogP contribution is 2.14. The van der Waals surface area contributed by atoms with Crippen LogP contribution in [0.1, 0.15) is 47.0 Å². The predicted octanol–water partition coefficient (Wildman–Crippen LogP) is 2.94. The van der Waals surface area contributed by atoms with Gasteiger partial charge in [-0.1, -0.05) is 26.7 Å². The van der Waals surface area contributed by atoms with E-state index in [0.717, 1.165) is 12.3 Å². The molecule has 0 saturated carbocycles. The first-order valence-electron chi connectivity index (χ1n) is 7.38. The summed E-state index contributed by atoms with van der Waals surface area (Å²) in [7, 11) is 1.78. The maximum atomic E-state index is 5.34. The summed E-state index contributed by atoms with van der Waals surface area (Å²) >= 11 is 0. The Morgan fingerprint density at radius 2 is 1.75 bits per heavy atom. The summed E-state index contributed by atoms with van der Waals surface area (Å²) in [5.41, 5.74) is 0. The number of nitrogens with zero attached hydrogens (tertiary/aromatic N) is 3. The Hall–Kier alpha value is -1.59. The lowest BCUT2D eigenvalue weighted by Crippen LogP contribution is -2.18. The molecule has 0 saturated heterocycles. The van der Waals surface area contributed by atoms with Crippen molar-refractivity contribution in [3.63, 3.8) is 0 Å². The topological polar surface area (TPSA) is 72.0 Å². The fraction of sp³-hybridized carbons (Fsp3) is 0.786. The first-order valence-corrected chi connectivity index (χ1v) is 7.38. The molecule has 0 fully saturated rings. The van der Waals surface area contributed by atoms with Crippen molar-refractivity contribution in [1.29, 1.82) is 0 Å². The number of aromatic nitrogens is 3. The normalized spacial score (nSPS) is 12.3. The van der Waals surface area contributed by atoms with E-state index in [9.17, 15) is 0 Å². The molecular formula is C14H27N5O. The highest BCUT2D eigenvalue weighted by atomic mass is 16.5. The van der Waals surface area contributed by atoms with Crippen LogP contribution in [0.2, 0.25) is 0 Å². The van der Waals surface area contributed by atoms with E-state index in [4.69, 9.17) is 4.74 Å². The molecule has 1 aromatic heterocycles. The van der Waals surface area contributed by atoms with Gasteiger partial charge in [0.25, 0.3) is 0 Å². The fourth-order valence-corrected chi connectivity index (χ4v) is 1.85. The first kappa shape index (κ1) is 16.5. The third-order valence-electron chi connectivity index (χ3n) is 2.91. The Morgan fingerprint density at radius 3 is 2.35 bits per heavy atom. The fourth-order valence-electron chi connectivity index (χ4n) is 1.85. The summed E-state index contributed by atoms with van der Waals surface area (Å²) in [5.74, 6) is 1.82. The van der Waals surface area contributed by atoms with E-state index in [2.05, 4.69) is 46.4 Å². The molecule has 6 nitrogen and oxygen atoms in total. The second kappa shape index (κ2) is 8.55. The van der Waals surface area contributed by atoms with Crippen molar-refractivity contribution in [2.24, 2.45) is 5.92 Å². The molecule has 0 aliphatic carbocycles. The average Bonchev–Trinajstić information content (AvgIpc) is 2.38. The Balaban J connectivity index is 2.58.